The van der Waals surface area contributed by atoms with Gasteiger partial charge in [0.05, 0.1) is 18.9 Å². The molecule has 1 aliphatic heterocycles. The quantitative estimate of drug-likeness (QED) is 0.213. The molecule has 206 valence electrons. The molecule has 0 saturated carbocycles. The number of nitrogens with zero attached hydrogens (tertiary/aromatic N) is 2. The molecular formula is C30H31N5O4S. The van der Waals surface area contributed by atoms with Crippen molar-refractivity contribution < 1.29 is 19.1 Å². The predicted octanol–water partition coefficient (Wildman–Crippen LogP) is 5.09. The summed E-state index contributed by atoms with van der Waals surface area (Å²) in [5.74, 6) is -1.34. The third kappa shape index (κ3) is 5.68. The van der Waals surface area contributed by atoms with Crippen molar-refractivity contribution in [2.45, 2.75) is 26.2 Å². The van der Waals surface area contributed by atoms with E-state index in [1.807, 2.05) is 57.2 Å². The lowest BCUT2D eigenvalue weighted by Gasteiger charge is -2.28. The zero-order chi connectivity index (χ0) is 28.4. The Kier molecular flexibility index (Phi) is 7.55. The molecule has 5 rings (SSSR count). The number of amides is 2. The lowest BCUT2D eigenvalue weighted by molar-refractivity contribution is -0.112. The van der Waals surface area contributed by atoms with Crippen LogP contribution in [0.5, 0.6) is 0 Å². The van der Waals surface area contributed by atoms with E-state index >= 15 is 0 Å². The number of hydrogen-bond donors (Lipinski definition) is 3. The van der Waals surface area contributed by atoms with E-state index in [1.165, 1.54) is 11.3 Å². The summed E-state index contributed by atoms with van der Waals surface area (Å²) in [6.07, 6.45) is 1.76. The number of thiophene rings is 1. The topological polar surface area (TPSA) is 127 Å². The summed E-state index contributed by atoms with van der Waals surface area (Å²) in [7, 11) is 0. The zero-order valence-corrected chi connectivity index (χ0v) is 23.4. The third-order valence-electron chi connectivity index (χ3n) is 6.68. The number of carbonyl (C=O) groups excluding carboxylic acids is 3. The molecule has 0 unspecified atom stereocenters. The van der Waals surface area contributed by atoms with E-state index in [0.29, 0.717) is 18.6 Å². The van der Waals surface area contributed by atoms with Crippen LogP contribution in [0.4, 0.5) is 22.9 Å². The van der Waals surface area contributed by atoms with E-state index in [2.05, 4.69) is 20.5 Å². The summed E-state index contributed by atoms with van der Waals surface area (Å²) in [5, 5.41) is 7.48. The summed E-state index contributed by atoms with van der Waals surface area (Å²) in [6.45, 7) is 8.89. The van der Waals surface area contributed by atoms with Gasteiger partial charge in [-0.3, -0.25) is 14.4 Å². The van der Waals surface area contributed by atoms with Crippen molar-refractivity contribution in [2.24, 2.45) is 5.73 Å². The molecule has 3 heterocycles. The van der Waals surface area contributed by atoms with Crippen LogP contribution < -0.4 is 21.3 Å². The fraction of sp³-hybridized carbons (Fsp3) is 0.267. The number of fused-ring (bicyclic) bond motifs is 1. The molecular weight excluding hydrogens is 526 g/mol. The summed E-state index contributed by atoms with van der Waals surface area (Å²) >= 11 is 1.22. The highest BCUT2D eigenvalue weighted by atomic mass is 32.1. The minimum absolute atomic E-state index is 0.212. The lowest BCUT2D eigenvalue weighted by atomic mass is 9.94. The minimum atomic E-state index is -0.837. The number of hydrogen-bond acceptors (Lipinski definition) is 8. The Hall–Kier alpha value is -4.28. The first kappa shape index (κ1) is 27.3. The Balaban J connectivity index is 1.41. The molecule has 4 aromatic rings. The molecule has 40 heavy (non-hydrogen) atoms. The van der Waals surface area contributed by atoms with Gasteiger partial charge in [-0.15, -0.1) is 11.3 Å². The van der Waals surface area contributed by atoms with Gasteiger partial charge in [0.1, 0.15) is 10.7 Å². The van der Waals surface area contributed by atoms with Crippen LogP contribution >= 0.6 is 11.3 Å². The first-order chi connectivity index (χ1) is 19.1. The van der Waals surface area contributed by atoms with Crippen molar-refractivity contribution in [1.82, 2.24) is 4.98 Å². The Morgan fingerprint density at radius 3 is 2.40 bits per heavy atom. The van der Waals surface area contributed by atoms with Crippen molar-refractivity contribution in [3.63, 3.8) is 0 Å². The van der Waals surface area contributed by atoms with Gasteiger partial charge in [-0.2, -0.15) is 0 Å². The Morgan fingerprint density at radius 1 is 0.975 bits per heavy atom. The first-order valence-electron chi connectivity index (χ1n) is 13.0. The van der Waals surface area contributed by atoms with Gasteiger partial charge in [-0.25, -0.2) is 4.98 Å². The predicted molar refractivity (Wildman–Crippen MR) is 159 cm³/mol. The van der Waals surface area contributed by atoms with E-state index < -0.39 is 17.6 Å². The number of nitrogens with two attached hydrogens (primary N) is 1. The molecule has 4 N–H and O–H groups in total. The lowest BCUT2D eigenvalue weighted by Crippen LogP contribution is -2.36. The maximum Gasteiger partial charge on any atom is 0.296 e. The van der Waals surface area contributed by atoms with Gasteiger partial charge in [-0.05, 0) is 35.1 Å². The van der Waals surface area contributed by atoms with E-state index in [-0.39, 0.29) is 21.5 Å². The van der Waals surface area contributed by atoms with E-state index in [0.717, 1.165) is 40.5 Å². The van der Waals surface area contributed by atoms with Gasteiger partial charge < -0.3 is 26.0 Å². The van der Waals surface area contributed by atoms with Crippen LogP contribution in [-0.2, 0) is 14.9 Å². The molecule has 10 heteroatoms. The molecule has 9 nitrogen and oxygen atoms in total. The SMILES string of the molecule is CC(C)(C)c1cc(NC(=O)C(=O)c2ccc(Nc3ccnc(N4CCOCC4)c3)c3ccccc23)c(C(N)=O)s1. The van der Waals surface area contributed by atoms with Crippen LogP contribution in [-0.4, -0.2) is 48.9 Å². The average Bonchev–Trinajstić information content (AvgIpc) is 3.38. The van der Waals surface area contributed by atoms with Crippen molar-refractivity contribution in [1.29, 1.82) is 0 Å². The second-order valence-corrected chi connectivity index (χ2v) is 11.6. The van der Waals surface area contributed by atoms with Crippen LogP contribution in [0.3, 0.4) is 0 Å². The number of morpholine rings is 1. The smallest absolute Gasteiger partial charge is 0.296 e. The van der Waals surface area contributed by atoms with Gasteiger partial charge in [0.25, 0.3) is 17.6 Å². The van der Waals surface area contributed by atoms with Crippen LogP contribution in [0.1, 0.15) is 45.7 Å². The van der Waals surface area contributed by atoms with E-state index in [1.54, 1.807) is 24.4 Å². The number of Topliss-reactive ketones (excluding diaryl/α,β-unsaturated/α-hetero) is 1. The second kappa shape index (κ2) is 11.1. The molecule has 0 spiro atoms. The number of nitrogens with one attached hydrogen (secondary N) is 2. The third-order valence-corrected chi connectivity index (χ3v) is 8.25. The Morgan fingerprint density at radius 2 is 1.70 bits per heavy atom. The molecule has 1 fully saturated rings. The summed E-state index contributed by atoms with van der Waals surface area (Å²) < 4.78 is 5.45. The fourth-order valence-corrected chi connectivity index (χ4v) is 5.58. The van der Waals surface area contributed by atoms with E-state index in [4.69, 9.17) is 10.5 Å². The molecule has 0 aliphatic carbocycles. The molecule has 1 saturated heterocycles. The number of aromatic nitrogens is 1. The highest BCUT2D eigenvalue weighted by Gasteiger charge is 2.26. The van der Waals surface area contributed by atoms with Crippen LogP contribution in [0.25, 0.3) is 10.8 Å². The standard InChI is InChI=1S/C30H31N5O4S/c1-30(2,3)24-17-23(27(40-24)28(31)37)34-29(38)26(36)21-8-9-22(20-7-5-4-6-19(20)21)33-18-10-11-32-25(16-18)35-12-14-39-15-13-35/h4-11,16-17H,12-15H2,1-3H3,(H2,31,37)(H,32,33)(H,34,38). The van der Waals surface area contributed by atoms with E-state index in [9.17, 15) is 14.4 Å². The highest BCUT2D eigenvalue weighted by Crippen LogP contribution is 2.36. The van der Waals surface area contributed by atoms with Crippen molar-refractivity contribution in [3.8, 4) is 0 Å². The normalized spacial score (nSPS) is 13.7. The molecule has 2 aromatic carbocycles. The van der Waals surface area contributed by atoms with Gasteiger partial charge in [0.15, 0.2) is 0 Å². The summed E-state index contributed by atoms with van der Waals surface area (Å²) in [4.78, 5) is 46.3. The number of benzene rings is 2. The largest absolute Gasteiger partial charge is 0.378 e. The van der Waals surface area contributed by atoms with Crippen molar-refractivity contribution in [3.05, 3.63) is 76.1 Å². The molecule has 0 radical (unpaired) electrons. The number of ketones is 1. The number of rotatable bonds is 7. The van der Waals surface area contributed by atoms with Gasteiger partial charge >= 0.3 is 0 Å². The van der Waals surface area contributed by atoms with Crippen LogP contribution in [0, 0.1) is 0 Å². The number of carbonyl (C=O) groups is 3. The van der Waals surface area contributed by atoms with Crippen molar-refractivity contribution in [2.75, 3.05) is 41.8 Å². The number of anilines is 4. The van der Waals surface area contributed by atoms with Gasteiger partial charge in [0.2, 0.25) is 0 Å². The zero-order valence-electron chi connectivity index (χ0n) is 22.6. The Bertz CT molecular complexity index is 1600. The molecule has 0 bridgehead atoms. The minimum Gasteiger partial charge on any atom is -0.378 e. The monoisotopic (exact) mass is 557 g/mol. The van der Waals surface area contributed by atoms with Gasteiger partial charge in [-0.1, -0.05) is 45.0 Å². The fourth-order valence-electron chi connectivity index (χ4n) is 4.56. The first-order valence-corrected chi connectivity index (χ1v) is 13.8. The van der Waals surface area contributed by atoms with Crippen LogP contribution in [0.15, 0.2) is 60.8 Å². The molecule has 0 atom stereocenters. The van der Waals surface area contributed by atoms with Crippen molar-refractivity contribution >= 4 is 62.6 Å². The summed E-state index contributed by atoms with van der Waals surface area (Å²) in [5.41, 5.74) is 7.45. The molecule has 1 aliphatic rings. The Labute approximate surface area is 236 Å². The number of primary amides is 1. The average molecular weight is 558 g/mol. The highest BCUT2D eigenvalue weighted by molar-refractivity contribution is 7.14. The number of ether oxygens (including phenoxy) is 1. The molecule has 2 amide bonds. The maximum atomic E-state index is 13.4. The summed E-state index contributed by atoms with van der Waals surface area (Å²) in [6, 6.07) is 16.4. The molecule has 2 aromatic heterocycles. The maximum absolute atomic E-state index is 13.4. The van der Waals surface area contributed by atoms with Gasteiger partial charge in [0, 0.05) is 52.6 Å². The second-order valence-electron chi connectivity index (χ2n) is 10.6. The number of pyridine rings is 1. The van der Waals surface area contributed by atoms with Crippen LogP contribution in [0.2, 0.25) is 0 Å².